The van der Waals surface area contributed by atoms with Gasteiger partial charge in [-0.15, -0.1) is 0 Å². The second-order valence-electron chi connectivity index (χ2n) is 8.62. The number of nitrogens with one attached hydrogen (secondary N) is 1. The molecule has 1 amide bonds. The van der Waals surface area contributed by atoms with Crippen molar-refractivity contribution in [1.82, 2.24) is 19.9 Å². The number of hydrogen-bond donors (Lipinski definition) is 1. The van der Waals surface area contributed by atoms with Crippen molar-refractivity contribution in [3.63, 3.8) is 0 Å². The number of likely N-dealkylation sites (tertiary alicyclic amines) is 1. The molecule has 5 rings (SSSR count). The Balaban J connectivity index is 1.45. The summed E-state index contributed by atoms with van der Waals surface area (Å²) < 4.78 is 13.7. The molecule has 2 fully saturated rings. The van der Waals surface area contributed by atoms with Gasteiger partial charge < -0.3 is 10.2 Å². The van der Waals surface area contributed by atoms with E-state index in [-0.39, 0.29) is 23.6 Å². The number of carbonyl (C=O) groups is 1. The van der Waals surface area contributed by atoms with Crippen molar-refractivity contribution in [2.75, 3.05) is 18.4 Å². The number of amides is 1. The Bertz CT molecular complexity index is 1100. The highest BCUT2D eigenvalue weighted by atomic mass is 19.1. The van der Waals surface area contributed by atoms with Crippen LogP contribution in [0.5, 0.6) is 0 Å². The average Bonchev–Trinajstić information content (AvgIpc) is 2.78. The van der Waals surface area contributed by atoms with Crippen LogP contribution in [-0.2, 0) is 4.79 Å². The largest absolute Gasteiger partial charge is 0.342 e. The number of aromatic nitrogens is 3. The summed E-state index contributed by atoms with van der Waals surface area (Å²) >= 11 is 0. The lowest BCUT2D eigenvalue weighted by atomic mass is 9.83. The lowest BCUT2D eigenvalue weighted by molar-refractivity contribution is -0.139. The SMILES string of the molecule is O=C(C1CCC1)N1CCC[C@@H](c2nc(Nc3cccc(F)c3)cc(-c3cccnc3)n2)C1. The van der Waals surface area contributed by atoms with Gasteiger partial charge in [-0.25, -0.2) is 14.4 Å². The predicted molar refractivity (Wildman–Crippen MR) is 121 cm³/mol. The van der Waals surface area contributed by atoms with Crippen LogP contribution in [0.25, 0.3) is 11.3 Å². The van der Waals surface area contributed by atoms with Gasteiger partial charge in [-0.3, -0.25) is 9.78 Å². The van der Waals surface area contributed by atoms with E-state index >= 15 is 0 Å². The fourth-order valence-corrected chi connectivity index (χ4v) is 4.39. The summed E-state index contributed by atoms with van der Waals surface area (Å²) in [6.07, 6.45) is 8.54. The maximum Gasteiger partial charge on any atom is 0.225 e. The van der Waals surface area contributed by atoms with Crippen LogP contribution in [0.4, 0.5) is 15.9 Å². The smallest absolute Gasteiger partial charge is 0.225 e. The number of halogens is 1. The van der Waals surface area contributed by atoms with Crippen molar-refractivity contribution in [3.05, 3.63) is 66.5 Å². The van der Waals surface area contributed by atoms with E-state index in [0.717, 1.165) is 49.9 Å². The van der Waals surface area contributed by atoms with Crippen molar-refractivity contribution >= 4 is 17.4 Å². The molecular weight excluding hydrogens is 405 g/mol. The van der Waals surface area contributed by atoms with Gasteiger partial charge in [0.1, 0.15) is 17.5 Å². The molecule has 1 aliphatic heterocycles. The van der Waals surface area contributed by atoms with E-state index in [1.807, 2.05) is 23.1 Å². The molecule has 0 radical (unpaired) electrons. The molecule has 0 spiro atoms. The number of anilines is 2. The zero-order valence-electron chi connectivity index (χ0n) is 17.9. The maximum atomic E-state index is 13.7. The first-order valence-corrected chi connectivity index (χ1v) is 11.3. The fraction of sp³-hybridized carbons (Fsp3) is 0.360. The Morgan fingerprint density at radius 1 is 1.06 bits per heavy atom. The van der Waals surface area contributed by atoms with Crippen LogP contribution in [0, 0.1) is 11.7 Å². The Labute approximate surface area is 186 Å². The summed E-state index contributed by atoms with van der Waals surface area (Å²) in [5, 5.41) is 3.21. The minimum atomic E-state index is -0.311. The molecule has 1 aromatic carbocycles. The lowest BCUT2D eigenvalue weighted by Crippen LogP contribution is -2.44. The number of hydrogen-bond acceptors (Lipinski definition) is 5. The number of pyridine rings is 1. The van der Waals surface area contributed by atoms with Crippen LogP contribution in [0.1, 0.15) is 43.8 Å². The van der Waals surface area contributed by atoms with Crippen molar-refractivity contribution in [3.8, 4) is 11.3 Å². The van der Waals surface area contributed by atoms with Gasteiger partial charge in [0.05, 0.1) is 5.69 Å². The van der Waals surface area contributed by atoms with Crippen molar-refractivity contribution < 1.29 is 9.18 Å². The normalized spacial score (nSPS) is 18.8. The van der Waals surface area contributed by atoms with Crippen LogP contribution < -0.4 is 5.32 Å². The lowest BCUT2D eigenvalue weighted by Gasteiger charge is -2.36. The van der Waals surface area contributed by atoms with Crippen molar-refractivity contribution in [2.24, 2.45) is 5.92 Å². The van der Waals surface area contributed by atoms with Crippen LogP contribution in [0.3, 0.4) is 0 Å². The monoisotopic (exact) mass is 431 g/mol. The van der Waals surface area contributed by atoms with Crippen LogP contribution in [0.15, 0.2) is 54.9 Å². The molecule has 3 heterocycles. The predicted octanol–water partition coefficient (Wildman–Crippen LogP) is 4.93. The Morgan fingerprint density at radius 2 is 1.97 bits per heavy atom. The molecule has 1 atom stereocenters. The molecule has 1 saturated heterocycles. The molecule has 164 valence electrons. The molecule has 1 N–H and O–H groups in total. The van der Waals surface area contributed by atoms with Gasteiger partial charge in [0.15, 0.2) is 0 Å². The Morgan fingerprint density at radius 3 is 2.72 bits per heavy atom. The van der Waals surface area contributed by atoms with E-state index < -0.39 is 0 Å². The zero-order valence-corrected chi connectivity index (χ0v) is 17.9. The third-order valence-corrected chi connectivity index (χ3v) is 6.35. The number of benzene rings is 1. The summed E-state index contributed by atoms with van der Waals surface area (Å²) in [5.74, 6) is 1.54. The number of carbonyl (C=O) groups excluding carboxylic acids is 1. The zero-order chi connectivity index (χ0) is 21.9. The van der Waals surface area contributed by atoms with Gasteiger partial charge in [0.2, 0.25) is 5.91 Å². The van der Waals surface area contributed by atoms with E-state index in [0.29, 0.717) is 23.9 Å². The second kappa shape index (κ2) is 9.02. The number of nitrogens with zero attached hydrogens (tertiary/aromatic N) is 4. The van der Waals surface area contributed by atoms with Crippen LogP contribution in [-0.4, -0.2) is 38.8 Å². The van der Waals surface area contributed by atoms with Crippen molar-refractivity contribution in [2.45, 2.75) is 38.0 Å². The summed E-state index contributed by atoms with van der Waals surface area (Å²) in [5.41, 5.74) is 2.26. The summed E-state index contributed by atoms with van der Waals surface area (Å²) in [7, 11) is 0. The first-order valence-electron chi connectivity index (χ1n) is 11.3. The Hall–Kier alpha value is -3.35. The third-order valence-electron chi connectivity index (χ3n) is 6.35. The molecular formula is C25H26FN5O. The highest BCUT2D eigenvalue weighted by Gasteiger charge is 2.33. The van der Waals surface area contributed by atoms with Crippen LogP contribution >= 0.6 is 0 Å². The van der Waals surface area contributed by atoms with E-state index in [4.69, 9.17) is 9.97 Å². The fourth-order valence-electron chi connectivity index (χ4n) is 4.39. The standard InChI is InChI=1S/C25H26FN5O/c26-20-9-2-10-21(13-20)28-23-14-22(18-7-3-11-27-15-18)29-24(30-23)19-8-4-12-31(16-19)25(32)17-5-1-6-17/h2-3,7,9-11,13-15,17,19H,1,4-6,8,12,16H2,(H,28,29,30)/t19-/m1/s1. The summed E-state index contributed by atoms with van der Waals surface area (Å²) in [6.45, 7) is 1.45. The van der Waals surface area contributed by atoms with E-state index in [2.05, 4.69) is 10.3 Å². The first kappa shape index (κ1) is 20.5. The van der Waals surface area contributed by atoms with Gasteiger partial charge in [-0.05, 0) is 56.0 Å². The molecule has 3 aromatic rings. The maximum absolute atomic E-state index is 13.7. The molecule has 1 aliphatic carbocycles. The van der Waals surface area contributed by atoms with E-state index in [9.17, 15) is 9.18 Å². The topological polar surface area (TPSA) is 71.0 Å². The summed E-state index contributed by atoms with van der Waals surface area (Å²) in [6, 6.07) is 12.0. The average molecular weight is 432 g/mol. The molecule has 1 saturated carbocycles. The Kier molecular flexibility index (Phi) is 5.79. The second-order valence-corrected chi connectivity index (χ2v) is 8.62. The number of rotatable bonds is 5. The van der Waals surface area contributed by atoms with Gasteiger partial charge in [-0.2, -0.15) is 0 Å². The van der Waals surface area contributed by atoms with Gasteiger partial charge >= 0.3 is 0 Å². The molecule has 2 aliphatic rings. The summed E-state index contributed by atoms with van der Waals surface area (Å²) in [4.78, 5) is 28.7. The highest BCUT2D eigenvalue weighted by Crippen LogP contribution is 2.33. The molecule has 0 bridgehead atoms. The van der Waals surface area contributed by atoms with Crippen molar-refractivity contribution in [1.29, 1.82) is 0 Å². The minimum Gasteiger partial charge on any atom is -0.342 e. The highest BCUT2D eigenvalue weighted by molar-refractivity contribution is 5.79. The molecule has 6 nitrogen and oxygen atoms in total. The quantitative estimate of drug-likeness (QED) is 0.620. The van der Waals surface area contributed by atoms with Gasteiger partial charge in [-0.1, -0.05) is 12.5 Å². The van der Waals surface area contributed by atoms with Gasteiger partial charge in [0.25, 0.3) is 0 Å². The molecule has 0 unspecified atom stereocenters. The van der Waals surface area contributed by atoms with E-state index in [1.165, 1.54) is 12.1 Å². The third kappa shape index (κ3) is 4.47. The molecule has 2 aromatic heterocycles. The number of piperidine rings is 1. The van der Waals surface area contributed by atoms with E-state index in [1.54, 1.807) is 24.5 Å². The minimum absolute atomic E-state index is 0.0671. The molecule has 7 heteroatoms. The molecule has 32 heavy (non-hydrogen) atoms. The van der Waals surface area contributed by atoms with Crippen LogP contribution in [0.2, 0.25) is 0 Å². The first-order chi connectivity index (χ1) is 15.7. The van der Waals surface area contributed by atoms with Gasteiger partial charge in [0, 0.05) is 54.6 Å².